The fraction of sp³-hybridized carbons (Fsp3) is 0.850. The van der Waals surface area contributed by atoms with Crippen molar-refractivity contribution in [3.05, 3.63) is 12.7 Å². The van der Waals surface area contributed by atoms with Crippen molar-refractivity contribution in [3.63, 3.8) is 0 Å². The average Bonchev–Trinajstić information content (AvgIpc) is 2.73. The topological polar surface area (TPSA) is 65.0 Å². The van der Waals surface area contributed by atoms with Crippen LogP contribution in [0.15, 0.2) is 12.7 Å². The third kappa shape index (κ3) is 4.77. The predicted octanol–water partition coefficient (Wildman–Crippen LogP) is 3.92. The van der Waals surface area contributed by atoms with Crippen LogP contribution in [0.2, 0.25) is 18.1 Å². The molecule has 5 atom stereocenters. The molecule has 1 heterocycles. The van der Waals surface area contributed by atoms with Gasteiger partial charge in [0.05, 0.1) is 17.6 Å². The van der Waals surface area contributed by atoms with Crippen molar-refractivity contribution in [2.24, 2.45) is 11.3 Å². The first kappa shape index (κ1) is 23.3. The summed E-state index contributed by atoms with van der Waals surface area (Å²) in [6, 6.07) is 0. The van der Waals surface area contributed by atoms with Gasteiger partial charge >= 0.3 is 5.97 Å². The molecule has 0 aromatic carbocycles. The van der Waals surface area contributed by atoms with Crippen molar-refractivity contribution in [1.82, 2.24) is 0 Å². The highest BCUT2D eigenvalue weighted by atomic mass is 28.4. The Kier molecular flexibility index (Phi) is 7.30. The normalized spacial score (nSPS) is 26.9. The lowest BCUT2D eigenvalue weighted by molar-refractivity contribution is -0.152. The molecule has 0 bridgehead atoms. The van der Waals surface area contributed by atoms with Gasteiger partial charge in [-0.05, 0) is 37.9 Å². The average molecular weight is 387 g/mol. The smallest absolute Gasteiger partial charge is 0.314 e. The van der Waals surface area contributed by atoms with Crippen LogP contribution in [0.4, 0.5) is 0 Å². The Balaban J connectivity index is 3.13. The Morgan fingerprint density at radius 2 is 1.92 bits per heavy atom. The third-order valence-electron chi connectivity index (χ3n) is 6.13. The Morgan fingerprint density at radius 1 is 1.38 bits per heavy atom. The third-order valence-corrected chi connectivity index (χ3v) is 10.6. The van der Waals surface area contributed by atoms with E-state index in [1.165, 1.54) is 0 Å². The van der Waals surface area contributed by atoms with Gasteiger partial charge in [0.25, 0.3) is 0 Å². The van der Waals surface area contributed by atoms with E-state index < -0.39 is 38.1 Å². The first-order valence-electron chi connectivity index (χ1n) is 9.41. The molecule has 1 aliphatic heterocycles. The van der Waals surface area contributed by atoms with Gasteiger partial charge in [-0.15, -0.1) is 6.58 Å². The monoisotopic (exact) mass is 386 g/mol. The molecule has 152 valence electrons. The van der Waals surface area contributed by atoms with Crippen LogP contribution in [0.1, 0.15) is 48.0 Å². The molecule has 1 rings (SSSR count). The van der Waals surface area contributed by atoms with E-state index in [9.17, 15) is 9.90 Å². The number of ether oxygens (including phenoxy) is 2. The number of aliphatic hydroxyl groups excluding tert-OH is 1. The van der Waals surface area contributed by atoms with E-state index in [1.54, 1.807) is 13.2 Å². The van der Waals surface area contributed by atoms with Crippen LogP contribution in [0, 0.1) is 11.3 Å². The van der Waals surface area contributed by atoms with E-state index in [4.69, 9.17) is 13.9 Å². The number of aliphatic hydroxyl groups is 1. The number of hydrogen-bond donors (Lipinski definition) is 1. The molecule has 6 heteroatoms. The Bertz CT molecular complexity index is 509. The van der Waals surface area contributed by atoms with E-state index >= 15 is 0 Å². The van der Waals surface area contributed by atoms with Crippen LogP contribution in [-0.4, -0.2) is 50.9 Å². The summed E-state index contributed by atoms with van der Waals surface area (Å²) in [6.45, 7) is 20.2. The number of carbonyl (C=O) groups is 1. The van der Waals surface area contributed by atoms with Crippen LogP contribution in [0.5, 0.6) is 0 Å². The number of rotatable bonds is 8. The van der Waals surface area contributed by atoms with Crippen LogP contribution < -0.4 is 0 Å². The molecular formula is C20H38O5Si. The minimum atomic E-state index is -2.12. The van der Waals surface area contributed by atoms with Crippen molar-refractivity contribution < 1.29 is 23.8 Å². The Morgan fingerprint density at radius 3 is 2.35 bits per heavy atom. The van der Waals surface area contributed by atoms with Gasteiger partial charge in [0.15, 0.2) is 14.4 Å². The fourth-order valence-electron chi connectivity index (χ4n) is 2.82. The lowest BCUT2D eigenvalue weighted by Crippen LogP contribution is -2.52. The highest BCUT2D eigenvalue weighted by Crippen LogP contribution is 2.45. The maximum atomic E-state index is 12.5. The number of cyclic esters (lactones) is 1. The van der Waals surface area contributed by atoms with Gasteiger partial charge in [0.1, 0.15) is 6.10 Å². The van der Waals surface area contributed by atoms with Crippen molar-refractivity contribution >= 4 is 14.3 Å². The molecule has 1 N–H and O–H groups in total. The molecule has 0 spiro atoms. The molecule has 1 aliphatic rings. The van der Waals surface area contributed by atoms with E-state index in [1.807, 2.05) is 20.8 Å². The SMILES string of the molecule is C=C[C@@H](C)[C@@H](O)C[C@H](OC)[C@H]1OC(=O)C(C)(C)[C@H]1O[Si](C)(C)C(C)(C)C. The second kappa shape index (κ2) is 8.13. The second-order valence-corrected chi connectivity index (χ2v) is 14.3. The molecule has 0 aromatic rings. The largest absolute Gasteiger partial charge is 0.456 e. The zero-order valence-electron chi connectivity index (χ0n) is 18.0. The van der Waals surface area contributed by atoms with Gasteiger partial charge in [0, 0.05) is 13.5 Å². The predicted molar refractivity (Wildman–Crippen MR) is 107 cm³/mol. The van der Waals surface area contributed by atoms with Crippen molar-refractivity contribution in [1.29, 1.82) is 0 Å². The maximum Gasteiger partial charge on any atom is 0.314 e. The van der Waals surface area contributed by atoms with E-state index in [0.717, 1.165) is 0 Å². The maximum absolute atomic E-state index is 12.5. The highest BCUT2D eigenvalue weighted by Gasteiger charge is 2.57. The van der Waals surface area contributed by atoms with Gasteiger partial charge in [-0.1, -0.05) is 33.8 Å². The summed E-state index contributed by atoms with van der Waals surface area (Å²) < 4.78 is 18.0. The minimum Gasteiger partial charge on any atom is -0.456 e. The van der Waals surface area contributed by atoms with Crippen molar-refractivity contribution in [3.8, 4) is 0 Å². The number of hydrogen-bond acceptors (Lipinski definition) is 5. The van der Waals surface area contributed by atoms with Gasteiger partial charge in [0.2, 0.25) is 0 Å². The summed E-state index contributed by atoms with van der Waals surface area (Å²) in [5.41, 5.74) is -0.758. The summed E-state index contributed by atoms with van der Waals surface area (Å²) in [7, 11) is -0.542. The summed E-state index contributed by atoms with van der Waals surface area (Å²) in [4.78, 5) is 12.5. The van der Waals surface area contributed by atoms with Crippen LogP contribution in [0.25, 0.3) is 0 Å². The number of methoxy groups -OCH3 is 1. The van der Waals surface area contributed by atoms with Crippen molar-refractivity contribution in [2.75, 3.05) is 7.11 Å². The van der Waals surface area contributed by atoms with E-state index in [2.05, 4.69) is 40.4 Å². The van der Waals surface area contributed by atoms with Crippen LogP contribution in [-0.2, 0) is 18.7 Å². The lowest BCUT2D eigenvalue weighted by Gasteiger charge is -2.42. The molecule has 0 amide bonds. The summed E-state index contributed by atoms with van der Waals surface area (Å²) in [5, 5.41) is 10.4. The molecule has 0 saturated carbocycles. The molecular weight excluding hydrogens is 348 g/mol. The van der Waals surface area contributed by atoms with Crippen LogP contribution >= 0.6 is 0 Å². The molecule has 0 unspecified atom stereocenters. The minimum absolute atomic E-state index is 0.0126. The van der Waals surface area contributed by atoms with Crippen LogP contribution in [0.3, 0.4) is 0 Å². The first-order valence-corrected chi connectivity index (χ1v) is 12.3. The van der Waals surface area contributed by atoms with Gasteiger partial charge in [-0.25, -0.2) is 0 Å². The lowest BCUT2D eigenvalue weighted by atomic mass is 9.84. The number of carbonyl (C=O) groups excluding carboxylic acids is 1. The van der Waals surface area contributed by atoms with Gasteiger partial charge in [-0.2, -0.15) is 0 Å². The van der Waals surface area contributed by atoms with Gasteiger partial charge < -0.3 is 19.0 Å². The Hall–Kier alpha value is -0.693. The summed E-state index contributed by atoms with van der Waals surface area (Å²) in [5.74, 6) is -0.350. The molecule has 0 aliphatic carbocycles. The highest BCUT2D eigenvalue weighted by molar-refractivity contribution is 6.74. The molecule has 5 nitrogen and oxygen atoms in total. The second-order valence-electron chi connectivity index (χ2n) is 9.56. The summed E-state index contributed by atoms with van der Waals surface area (Å²) in [6.07, 6.45) is 0.0670. The standard InChI is InChI=1S/C20H38O5Si/c1-11-13(2)14(21)12-15(23-8)16-17(20(6,7)18(22)24-16)25-26(9,10)19(3,4)5/h11,13-17,21H,1,12H2,2-10H3/t13-,14+,15+,16-,17+/m1/s1. The fourth-order valence-corrected chi connectivity index (χ4v) is 4.23. The van der Waals surface area contributed by atoms with E-state index in [0.29, 0.717) is 6.42 Å². The molecule has 1 saturated heterocycles. The zero-order chi connectivity index (χ0) is 20.5. The van der Waals surface area contributed by atoms with Crippen molar-refractivity contribution in [2.45, 2.75) is 90.5 Å². The Labute approximate surface area is 160 Å². The molecule has 1 fully saturated rings. The molecule has 0 aromatic heterocycles. The molecule has 0 radical (unpaired) electrons. The molecule has 26 heavy (non-hydrogen) atoms. The van der Waals surface area contributed by atoms with E-state index in [-0.39, 0.29) is 16.9 Å². The quantitative estimate of drug-likeness (QED) is 0.389. The number of esters is 1. The van der Waals surface area contributed by atoms with Gasteiger partial charge in [-0.3, -0.25) is 4.79 Å². The zero-order valence-corrected chi connectivity index (χ0v) is 19.0. The first-order chi connectivity index (χ1) is 11.7. The summed E-state index contributed by atoms with van der Waals surface area (Å²) >= 11 is 0.